The second-order valence-corrected chi connectivity index (χ2v) is 9.02. The number of nitrogens with one attached hydrogen (secondary N) is 1. The average molecular weight is 497 g/mol. The molecule has 0 spiro atoms. The summed E-state index contributed by atoms with van der Waals surface area (Å²) in [6, 6.07) is 13.8. The Balaban J connectivity index is 1.62. The molecule has 1 aliphatic rings. The van der Waals surface area contributed by atoms with E-state index < -0.39 is 17.8 Å². The average Bonchev–Trinajstić information content (AvgIpc) is 3.50. The molecular formula is C28H27F3N2O3. The van der Waals surface area contributed by atoms with E-state index in [1.165, 1.54) is 12.1 Å². The van der Waals surface area contributed by atoms with Crippen molar-refractivity contribution in [1.82, 2.24) is 9.88 Å². The van der Waals surface area contributed by atoms with Crippen LogP contribution in [0.25, 0.3) is 22.2 Å². The lowest BCUT2D eigenvalue weighted by molar-refractivity contribution is -0.137. The second kappa shape index (κ2) is 9.41. The van der Waals surface area contributed by atoms with E-state index in [9.17, 15) is 18.0 Å². The molecule has 0 unspecified atom stereocenters. The van der Waals surface area contributed by atoms with E-state index in [2.05, 4.69) is 4.98 Å². The lowest BCUT2D eigenvalue weighted by atomic mass is 9.95. The van der Waals surface area contributed by atoms with Crippen molar-refractivity contribution in [2.24, 2.45) is 0 Å². The maximum absolute atomic E-state index is 13.6. The molecule has 0 bridgehead atoms. The molecule has 1 aliphatic heterocycles. The van der Waals surface area contributed by atoms with Crippen molar-refractivity contribution < 1.29 is 27.1 Å². The highest BCUT2D eigenvalue weighted by molar-refractivity contribution is 5.88. The van der Waals surface area contributed by atoms with Crippen molar-refractivity contribution >= 4 is 16.8 Å². The number of hydrogen-bond donors (Lipinski definition) is 1. The van der Waals surface area contributed by atoms with E-state index in [-0.39, 0.29) is 17.2 Å². The summed E-state index contributed by atoms with van der Waals surface area (Å²) in [5, 5.41) is 1.00. The number of carbonyl (C=O) groups excluding carboxylic acids is 1. The van der Waals surface area contributed by atoms with Crippen molar-refractivity contribution in [3.05, 3.63) is 77.2 Å². The Morgan fingerprint density at radius 1 is 1.17 bits per heavy atom. The number of aromatic nitrogens is 1. The van der Waals surface area contributed by atoms with Crippen molar-refractivity contribution in [3.63, 3.8) is 0 Å². The van der Waals surface area contributed by atoms with Gasteiger partial charge in [0.05, 0.1) is 18.4 Å². The summed E-state index contributed by atoms with van der Waals surface area (Å²) in [7, 11) is 1.61. The number of nitrogens with zero attached hydrogens (tertiary/aromatic N) is 1. The fraction of sp³-hybridized carbons (Fsp3) is 0.321. The van der Waals surface area contributed by atoms with Crippen LogP contribution in [0.5, 0.6) is 5.75 Å². The minimum Gasteiger partial charge on any atom is -0.497 e. The van der Waals surface area contributed by atoms with Gasteiger partial charge in [0.1, 0.15) is 23.3 Å². The number of hydrogen-bond acceptors (Lipinski definition) is 3. The Kier molecular flexibility index (Phi) is 6.28. The largest absolute Gasteiger partial charge is 0.497 e. The van der Waals surface area contributed by atoms with Crippen molar-refractivity contribution in [1.29, 1.82) is 0 Å². The van der Waals surface area contributed by atoms with Gasteiger partial charge in [-0.05, 0) is 54.8 Å². The summed E-state index contributed by atoms with van der Waals surface area (Å²) in [5.74, 6) is 1.26. The molecule has 2 aromatic heterocycles. The Morgan fingerprint density at radius 3 is 2.72 bits per heavy atom. The zero-order chi connectivity index (χ0) is 25.4. The van der Waals surface area contributed by atoms with Gasteiger partial charge in [-0.15, -0.1) is 0 Å². The van der Waals surface area contributed by atoms with Crippen molar-refractivity contribution in [2.45, 2.75) is 44.8 Å². The van der Waals surface area contributed by atoms with E-state index in [0.717, 1.165) is 46.8 Å². The number of amides is 1. The van der Waals surface area contributed by atoms with Gasteiger partial charge < -0.3 is 19.0 Å². The smallest absolute Gasteiger partial charge is 0.417 e. The van der Waals surface area contributed by atoms with E-state index in [1.807, 2.05) is 25.1 Å². The van der Waals surface area contributed by atoms with Crippen molar-refractivity contribution in [2.75, 3.05) is 13.7 Å². The van der Waals surface area contributed by atoms with Crippen LogP contribution in [-0.4, -0.2) is 29.4 Å². The van der Waals surface area contributed by atoms with Gasteiger partial charge in [-0.2, -0.15) is 13.2 Å². The van der Waals surface area contributed by atoms with E-state index in [0.29, 0.717) is 25.1 Å². The molecule has 0 saturated heterocycles. The number of ether oxygens (including phenoxy) is 1. The normalized spacial score (nSPS) is 15.8. The monoisotopic (exact) mass is 496 g/mol. The molecule has 0 aliphatic carbocycles. The van der Waals surface area contributed by atoms with Gasteiger partial charge in [-0.3, -0.25) is 4.79 Å². The van der Waals surface area contributed by atoms with Gasteiger partial charge in [0.15, 0.2) is 0 Å². The summed E-state index contributed by atoms with van der Waals surface area (Å²) >= 11 is 0. The maximum Gasteiger partial charge on any atom is 0.417 e. The van der Waals surface area contributed by atoms with Gasteiger partial charge in [0, 0.05) is 29.4 Å². The molecule has 36 heavy (non-hydrogen) atoms. The number of H-pyrrole nitrogens is 1. The Labute approximate surface area is 206 Å². The highest BCUT2D eigenvalue weighted by atomic mass is 19.4. The molecule has 5 nitrogen and oxygen atoms in total. The molecule has 0 fully saturated rings. The number of alkyl halides is 3. The number of unbranched alkanes of at least 4 members (excludes halogenated alkanes) is 1. The Hall–Kier alpha value is -3.68. The Morgan fingerprint density at radius 2 is 1.97 bits per heavy atom. The first-order chi connectivity index (χ1) is 17.3. The van der Waals surface area contributed by atoms with Gasteiger partial charge in [0.25, 0.3) is 0 Å². The highest BCUT2D eigenvalue weighted by Crippen LogP contribution is 2.43. The van der Waals surface area contributed by atoms with Crippen LogP contribution in [0.2, 0.25) is 0 Å². The highest BCUT2D eigenvalue weighted by Gasteiger charge is 2.38. The van der Waals surface area contributed by atoms with Crippen LogP contribution in [0.15, 0.2) is 59.0 Å². The van der Waals surface area contributed by atoms with Crippen LogP contribution in [0.3, 0.4) is 0 Å². The number of fused-ring (bicyclic) bond motifs is 3. The summed E-state index contributed by atoms with van der Waals surface area (Å²) in [6.07, 6.45) is -1.80. The van der Waals surface area contributed by atoms with Gasteiger partial charge in [-0.1, -0.05) is 31.5 Å². The molecule has 0 radical (unpaired) electrons. The first kappa shape index (κ1) is 24.0. The zero-order valence-electron chi connectivity index (χ0n) is 20.1. The topological polar surface area (TPSA) is 58.5 Å². The van der Waals surface area contributed by atoms with E-state index in [4.69, 9.17) is 9.15 Å². The fourth-order valence-electron chi connectivity index (χ4n) is 5.02. The molecular weight excluding hydrogens is 469 g/mol. The van der Waals surface area contributed by atoms with E-state index >= 15 is 0 Å². The van der Waals surface area contributed by atoms with Crippen LogP contribution >= 0.6 is 0 Å². The van der Waals surface area contributed by atoms with Crippen LogP contribution in [0.1, 0.15) is 54.8 Å². The third-order valence-corrected chi connectivity index (χ3v) is 6.79. The fourth-order valence-corrected chi connectivity index (χ4v) is 5.02. The van der Waals surface area contributed by atoms with Crippen LogP contribution in [0, 0.1) is 0 Å². The molecule has 4 aromatic rings. The molecule has 2 aromatic carbocycles. The first-order valence-corrected chi connectivity index (χ1v) is 12.1. The predicted molar refractivity (Wildman–Crippen MR) is 131 cm³/mol. The van der Waals surface area contributed by atoms with Gasteiger partial charge in [-0.25, -0.2) is 0 Å². The van der Waals surface area contributed by atoms with Crippen LogP contribution in [0.4, 0.5) is 13.2 Å². The molecule has 188 valence electrons. The second-order valence-electron chi connectivity index (χ2n) is 9.02. The summed E-state index contributed by atoms with van der Waals surface area (Å²) in [6.45, 7) is 2.51. The minimum atomic E-state index is -4.51. The maximum atomic E-state index is 13.6. The number of furan rings is 1. The molecule has 0 saturated carbocycles. The van der Waals surface area contributed by atoms with Crippen molar-refractivity contribution in [3.8, 4) is 17.1 Å². The van der Waals surface area contributed by atoms with Gasteiger partial charge >= 0.3 is 6.18 Å². The molecule has 5 rings (SSSR count). The molecule has 3 heterocycles. The number of aromatic amines is 1. The number of rotatable bonds is 6. The summed E-state index contributed by atoms with van der Waals surface area (Å²) < 4.78 is 52.4. The van der Waals surface area contributed by atoms with E-state index in [1.54, 1.807) is 30.2 Å². The minimum absolute atomic E-state index is 0.00243. The molecule has 1 atom stereocenters. The SMILES string of the molecule is CCCCC(=O)N1CCc2c([nH]c3ccc(OC)cc23)[C@H]1c1ccc(-c2ccccc2C(F)(F)F)o1. The number of halogens is 3. The van der Waals surface area contributed by atoms with Crippen LogP contribution < -0.4 is 4.74 Å². The number of methoxy groups -OCH3 is 1. The predicted octanol–water partition coefficient (Wildman–Crippen LogP) is 7.12. The standard InChI is InChI=1S/C28H27F3N2O3/c1-3-4-9-25(34)33-15-14-18-20-16-17(35-2)10-11-22(20)32-26(18)27(33)24-13-12-23(36-24)19-7-5-6-8-21(19)28(29,30)31/h5-8,10-13,16,27,32H,3-4,9,14-15H2,1-2H3/t27-/m1/s1. The molecule has 8 heteroatoms. The summed E-state index contributed by atoms with van der Waals surface area (Å²) in [5.41, 5.74) is 1.99. The number of carbonyl (C=O) groups is 1. The zero-order valence-corrected chi connectivity index (χ0v) is 20.1. The first-order valence-electron chi connectivity index (χ1n) is 12.1. The quantitative estimate of drug-likeness (QED) is 0.309. The Bertz CT molecular complexity index is 1400. The molecule has 1 N–H and O–H groups in total. The summed E-state index contributed by atoms with van der Waals surface area (Å²) in [4.78, 5) is 18.5. The molecule has 1 amide bonds. The third kappa shape index (κ3) is 4.25. The van der Waals surface area contributed by atoms with Crippen LogP contribution in [-0.2, 0) is 17.4 Å². The van der Waals surface area contributed by atoms with Gasteiger partial charge in [0.2, 0.25) is 5.91 Å². The lowest BCUT2D eigenvalue weighted by Gasteiger charge is -2.35. The lowest BCUT2D eigenvalue weighted by Crippen LogP contribution is -2.40. The number of benzene rings is 2. The third-order valence-electron chi connectivity index (χ3n) is 6.79.